The van der Waals surface area contributed by atoms with Crippen molar-refractivity contribution in [2.45, 2.75) is 12.3 Å². The van der Waals surface area contributed by atoms with Gasteiger partial charge in [0, 0.05) is 0 Å². The molecule has 2 heterocycles. The van der Waals surface area contributed by atoms with E-state index in [0.717, 1.165) is 6.42 Å². The molecule has 5 heteroatoms. The van der Waals surface area contributed by atoms with Crippen LogP contribution in [-0.4, -0.2) is 22.9 Å². The van der Waals surface area contributed by atoms with Crippen LogP contribution in [0.15, 0.2) is 36.4 Å². The summed E-state index contributed by atoms with van der Waals surface area (Å²) in [6.07, 6.45) is 4.95. The molecule has 0 unspecified atom stereocenters. The Morgan fingerprint density at radius 3 is 2.81 bits per heavy atom. The van der Waals surface area contributed by atoms with Crippen LogP contribution in [-0.2, 0) is 9.53 Å². The number of amides is 1. The summed E-state index contributed by atoms with van der Waals surface area (Å²) < 4.78 is 5.35. The highest BCUT2D eigenvalue weighted by Crippen LogP contribution is 2.60. The molecule has 1 saturated carbocycles. The zero-order valence-electron chi connectivity index (χ0n) is 11.1. The zero-order valence-corrected chi connectivity index (χ0v) is 11.1. The number of rotatable bonds is 0. The van der Waals surface area contributed by atoms with Crippen molar-refractivity contribution in [2.75, 3.05) is 4.90 Å². The van der Waals surface area contributed by atoms with E-state index in [4.69, 9.17) is 4.74 Å². The van der Waals surface area contributed by atoms with Gasteiger partial charge in [-0.25, -0.2) is 9.69 Å². The third-order valence-electron chi connectivity index (χ3n) is 5.33. The smallest absolute Gasteiger partial charge is 0.344 e. The van der Waals surface area contributed by atoms with Gasteiger partial charge in [-0.05, 0) is 30.4 Å². The summed E-state index contributed by atoms with van der Waals surface area (Å²) in [6, 6.07) is 6.78. The fourth-order valence-corrected chi connectivity index (χ4v) is 4.57. The van der Waals surface area contributed by atoms with E-state index in [1.54, 1.807) is 24.3 Å². The fraction of sp³-hybridized carbons (Fsp3) is 0.375. The van der Waals surface area contributed by atoms with Crippen LogP contribution < -0.4 is 4.90 Å². The van der Waals surface area contributed by atoms with Gasteiger partial charge in [-0.1, -0.05) is 24.3 Å². The lowest BCUT2D eigenvalue weighted by molar-refractivity contribution is -0.196. The van der Waals surface area contributed by atoms with E-state index < -0.39 is 11.9 Å². The molecule has 0 aromatic heterocycles. The summed E-state index contributed by atoms with van der Waals surface area (Å²) in [6.45, 7) is 0. The molecule has 1 N–H and O–H groups in total. The quantitative estimate of drug-likeness (QED) is 0.575. The highest BCUT2D eigenvalue weighted by Gasteiger charge is 2.70. The van der Waals surface area contributed by atoms with Crippen LogP contribution in [0, 0.1) is 23.7 Å². The molecule has 2 aliphatic carbocycles. The Hall–Kier alpha value is -2.14. The predicted octanol–water partition coefficient (Wildman–Crippen LogP) is 1.29. The Labute approximate surface area is 120 Å². The van der Waals surface area contributed by atoms with Crippen LogP contribution in [0.4, 0.5) is 5.69 Å². The van der Waals surface area contributed by atoms with E-state index in [0.29, 0.717) is 11.3 Å². The minimum absolute atomic E-state index is 0.0945. The number of para-hydroxylation sites is 1. The first-order valence-electron chi connectivity index (χ1n) is 7.18. The summed E-state index contributed by atoms with van der Waals surface area (Å²) in [5.74, 6) is -2.95. The maximum atomic E-state index is 12.8. The first-order chi connectivity index (χ1) is 10.1. The number of nitrogens with zero attached hydrogens (tertiary/aromatic N) is 1. The maximum Gasteiger partial charge on any atom is 0.344 e. The molecule has 0 radical (unpaired) electrons. The average Bonchev–Trinajstić information content (AvgIpc) is 3.12. The van der Waals surface area contributed by atoms with Gasteiger partial charge in [0.05, 0.1) is 23.1 Å². The second kappa shape index (κ2) is 3.36. The molecule has 5 nitrogen and oxygen atoms in total. The number of carbonyl (C=O) groups is 2. The third-order valence-corrected chi connectivity index (χ3v) is 5.33. The molecular formula is C16H13NO4. The van der Waals surface area contributed by atoms with Crippen molar-refractivity contribution in [3.63, 3.8) is 0 Å². The van der Waals surface area contributed by atoms with Crippen molar-refractivity contribution in [1.82, 2.24) is 0 Å². The van der Waals surface area contributed by atoms with Gasteiger partial charge >= 0.3 is 11.9 Å². The van der Waals surface area contributed by atoms with Crippen LogP contribution in [0.25, 0.3) is 0 Å². The van der Waals surface area contributed by atoms with E-state index >= 15 is 0 Å². The number of carbonyl (C=O) groups excluding carboxylic acids is 2. The zero-order chi connectivity index (χ0) is 14.4. The van der Waals surface area contributed by atoms with Gasteiger partial charge in [-0.2, -0.15) is 0 Å². The average molecular weight is 283 g/mol. The number of benzene rings is 1. The molecule has 2 bridgehead atoms. The van der Waals surface area contributed by atoms with Crippen LogP contribution in [0.5, 0.6) is 0 Å². The Balaban J connectivity index is 1.74. The molecular weight excluding hydrogens is 270 g/mol. The Morgan fingerprint density at radius 1 is 1.19 bits per heavy atom. The van der Waals surface area contributed by atoms with E-state index in [9.17, 15) is 14.7 Å². The van der Waals surface area contributed by atoms with Crippen LogP contribution >= 0.6 is 0 Å². The second-order valence-electron chi connectivity index (χ2n) is 6.24. The van der Waals surface area contributed by atoms with Crippen LogP contribution in [0.3, 0.4) is 0 Å². The SMILES string of the molecule is O=C1O[C@@]2(O)[C@@H]3[C@H](C(=O)N2c2ccccc21)[C@H]1C=C[C@H]3C1. The summed E-state index contributed by atoms with van der Waals surface area (Å²) in [5, 5.41) is 11.0. The lowest BCUT2D eigenvalue weighted by Crippen LogP contribution is -2.57. The van der Waals surface area contributed by atoms with Crippen LogP contribution in [0.2, 0.25) is 0 Å². The lowest BCUT2D eigenvalue weighted by atomic mass is 9.83. The number of hydrogen-bond acceptors (Lipinski definition) is 4. The highest BCUT2D eigenvalue weighted by atomic mass is 16.7. The van der Waals surface area contributed by atoms with E-state index in [1.165, 1.54) is 4.90 Å². The second-order valence-corrected chi connectivity index (χ2v) is 6.24. The molecule has 0 spiro atoms. The van der Waals surface area contributed by atoms with Crippen molar-refractivity contribution >= 4 is 17.6 Å². The predicted molar refractivity (Wildman–Crippen MR) is 72.0 cm³/mol. The summed E-state index contributed by atoms with van der Waals surface area (Å²) in [4.78, 5) is 26.3. The number of allylic oxidation sites excluding steroid dienone is 2. The van der Waals surface area contributed by atoms with Crippen molar-refractivity contribution in [3.05, 3.63) is 42.0 Å². The Kier molecular flexibility index (Phi) is 1.84. The number of fused-ring (bicyclic) bond motifs is 9. The summed E-state index contributed by atoms with van der Waals surface area (Å²) in [5.41, 5.74) is 0.783. The Morgan fingerprint density at radius 2 is 1.95 bits per heavy atom. The molecule has 2 fully saturated rings. The van der Waals surface area contributed by atoms with Crippen LogP contribution in [0.1, 0.15) is 16.8 Å². The maximum absolute atomic E-state index is 12.8. The first-order valence-corrected chi connectivity index (χ1v) is 7.18. The molecule has 1 aromatic rings. The monoisotopic (exact) mass is 283 g/mol. The van der Waals surface area contributed by atoms with Gasteiger partial charge in [0.15, 0.2) is 0 Å². The van der Waals surface area contributed by atoms with Crippen molar-refractivity contribution in [1.29, 1.82) is 0 Å². The van der Waals surface area contributed by atoms with Gasteiger partial charge in [-0.15, -0.1) is 0 Å². The molecule has 4 aliphatic rings. The molecule has 5 rings (SSSR count). The minimum Gasteiger partial charge on any atom is -0.409 e. The number of aliphatic hydroxyl groups is 1. The van der Waals surface area contributed by atoms with Crippen molar-refractivity contribution < 1.29 is 19.4 Å². The highest BCUT2D eigenvalue weighted by molar-refractivity contribution is 6.08. The fourth-order valence-electron chi connectivity index (χ4n) is 4.57. The molecule has 1 amide bonds. The molecule has 1 saturated heterocycles. The van der Waals surface area contributed by atoms with E-state index in [2.05, 4.69) is 6.08 Å². The number of ether oxygens (including phenoxy) is 1. The van der Waals surface area contributed by atoms with E-state index in [1.807, 2.05) is 6.08 Å². The molecule has 106 valence electrons. The van der Waals surface area contributed by atoms with Crippen molar-refractivity contribution in [3.8, 4) is 0 Å². The normalized spacial score (nSPS) is 41.9. The summed E-state index contributed by atoms with van der Waals surface area (Å²) in [7, 11) is 0. The van der Waals surface area contributed by atoms with Gasteiger partial charge in [0.1, 0.15) is 0 Å². The first kappa shape index (κ1) is 11.5. The number of anilines is 1. The Bertz CT molecular complexity index is 727. The number of esters is 1. The topological polar surface area (TPSA) is 66.8 Å². The summed E-state index contributed by atoms with van der Waals surface area (Å²) >= 11 is 0. The van der Waals surface area contributed by atoms with Gasteiger partial charge in [0.2, 0.25) is 5.91 Å². The van der Waals surface area contributed by atoms with Gasteiger partial charge in [0.25, 0.3) is 0 Å². The standard InChI is InChI=1S/C16H13NO4/c18-14-12-8-5-6-9(7-8)13(12)16(20)17(14)11-4-2-1-3-10(11)15(19)21-16/h1-6,8-9,12-13,20H,7H2/t8-,9-,12+,13-,16-/m0/s1. The molecule has 5 atom stereocenters. The van der Waals surface area contributed by atoms with Gasteiger partial charge in [-0.3, -0.25) is 4.79 Å². The molecule has 2 aliphatic heterocycles. The van der Waals surface area contributed by atoms with E-state index in [-0.39, 0.29) is 29.6 Å². The molecule has 21 heavy (non-hydrogen) atoms. The minimum atomic E-state index is -1.84. The largest absolute Gasteiger partial charge is 0.409 e. The third kappa shape index (κ3) is 1.14. The lowest BCUT2D eigenvalue weighted by Gasteiger charge is -2.41. The number of hydrogen-bond donors (Lipinski definition) is 1. The van der Waals surface area contributed by atoms with Gasteiger partial charge < -0.3 is 9.84 Å². The van der Waals surface area contributed by atoms with Crippen molar-refractivity contribution in [2.24, 2.45) is 23.7 Å². The molecule has 1 aromatic carbocycles.